The first-order chi connectivity index (χ1) is 14.1. The molecule has 2 fully saturated rings. The highest BCUT2D eigenvalue weighted by Gasteiger charge is 2.39. The number of halogens is 1. The highest BCUT2D eigenvalue weighted by molar-refractivity contribution is 5.79. The fourth-order valence-corrected chi connectivity index (χ4v) is 4.12. The first-order valence-electron chi connectivity index (χ1n) is 10.9. The van der Waals surface area contributed by atoms with Gasteiger partial charge in [-0.3, -0.25) is 9.89 Å². The van der Waals surface area contributed by atoms with E-state index in [1.165, 1.54) is 18.9 Å². The first-order valence-corrected chi connectivity index (χ1v) is 10.9. The maximum absolute atomic E-state index is 13.8. The molecule has 29 heavy (non-hydrogen) atoms. The average Bonchev–Trinajstić information content (AvgIpc) is 3.28. The largest absolute Gasteiger partial charge is 0.486 e. The highest BCUT2D eigenvalue weighted by Crippen LogP contribution is 2.31. The Morgan fingerprint density at radius 3 is 2.66 bits per heavy atom. The van der Waals surface area contributed by atoms with E-state index in [0.29, 0.717) is 6.54 Å². The molecule has 2 heterocycles. The summed E-state index contributed by atoms with van der Waals surface area (Å²) in [6.07, 6.45) is 4.42. The molecule has 0 aromatic heterocycles. The SMILES string of the molecule is CCNC(=NCC1(N2CCCC2)CCOCC1)NCC(C)Oc1ccccc1F. The summed E-state index contributed by atoms with van der Waals surface area (Å²) in [6.45, 7) is 10.0. The fourth-order valence-electron chi connectivity index (χ4n) is 4.12. The molecule has 6 nitrogen and oxygen atoms in total. The third-order valence-corrected chi connectivity index (χ3v) is 5.80. The van der Waals surface area contributed by atoms with Crippen molar-refractivity contribution in [2.45, 2.75) is 51.2 Å². The third-order valence-electron chi connectivity index (χ3n) is 5.80. The zero-order chi connectivity index (χ0) is 20.5. The number of hydrogen-bond acceptors (Lipinski definition) is 4. The second-order valence-corrected chi connectivity index (χ2v) is 7.97. The van der Waals surface area contributed by atoms with Crippen LogP contribution in [0, 0.1) is 5.82 Å². The van der Waals surface area contributed by atoms with Gasteiger partial charge < -0.3 is 20.1 Å². The number of nitrogens with zero attached hydrogens (tertiary/aromatic N) is 2. The minimum Gasteiger partial charge on any atom is -0.486 e. The van der Waals surface area contributed by atoms with E-state index >= 15 is 0 Å². The van der Waals surface area contributed by atoms with Gasteiger partial charge in [-0.25, -0.2) is 4.39 Å². The monoisotopic (exact) mass is 406 g/mol. The van der Waals surface area contributed by atoms with E-state index in [1.54, 1.807) is 18.2 Å². The number of nitrogens with one attached hydrogen (secondary N) is 2. The number of rotatable bonds is 8. The molecule has 1 aromatic carbocycles. The first kappa shape index (κ1) is 21.8. The third kappa shape index (κ3) is 6.06. The van der Waals surface area contributed by atoms with E-state index in [4.69, 9.17) is 14.5 Å². The summed E-state index contributed by atoms with van der Waals surface area (Å²) in [5.41, 5.74) is 0.104. The molecule has 0 amide bonds. The van der Waals surface area contributed by atoms with Gasteiger partial charge in [0, 0.05) is 25.3 Å². The summed E-state index contributed by atoms with van der Waals surface area (Å²) in [6, 6.07) is 6.49. The van der Waals surface area contributed by atoms with Crippen LogP contribution in [0.25, 0.3) is 0 Å². The zero-order valence-electron chi connectivity index (χ0n) is 17.8. The minimum absolute atomic E-state index is 0.104. The Kier molecular flexibility index (Phi) is 8.12. The van der Waals surface area contributed by atoms with Crippen LogP contribution in [0.5, 0.6) is 5.75 Å². The summed E-state index contributed by atoms with van der Waals surface area (Å²) in [7, 11) is 0. The molecule has 0 radical (unpaired) electrons. The number of likely N-dealkylation sites (tertiary alicyclic amines) is 1. The van der Waals surface area contributed by atoms with Crippen molar-refractivity contribution in [2.24, 2.45) is 4.99 Å². The van der Waals surface area contributed by atoms with Crippen molar-refractivity contribution in [3.05, 3.63) is 30.1 Å². The number of guanidine groups is 1. The van der Waals surface area contributed by atoms with Gasteiger partial charge in [0.15, 0.2) is 17.5 Å². The maximum Gasteiger partial charge on any atom is 0.191 e. The summed E-state index contributed by atoms with van der Waals surface area (Å²) in [5, 5.41) is 6.67. The Morgan fingerprint density at radius 2 is 1.97 bits per heavy atom. The van der Waals surface area contributed by atoms with Crippen LogP contribution in [0.1, 0.15) is 39.5 Å². The predicted octanol–water partition coefficient (Wildman–Crippen LogP) is 2.79. The number of ether oxygens (including phenoxy) is 2. The quantitative estimate of drug-likeness (QED) is 0.514. The molecule has 2 aliphatic rings. The Morgan fingerprint density at radius 1 is 1.24 bits per heavy atom. The topological polar surface area (TPSA) is 58.1 Å². The van der Waals surface area contributed by atoms with Crippen molar-refractivity contribution in [3.8, 4) is 5.75 Å². The van der Waals surface area contributed by atoms with Crippen molar-refractivity contribution in [2.75, 3.05) is 45.9 Å². The van der Waals surface area contributed by atoms with E-state index in [9.17, 15) is 4.39 Å². The number of benzene rings is 1. The van der Waals surface area contributed by atoms with E-state index in [2.05, 4.69) is 22.5 Å². The van der Waals surface area contributed by atoms with Crippen LogP contribution in [-0.4, -0.2) is 68.4 Å². The molecule has 0 spiro atoms. The van der Waals surface area contributed by atoms with Gasteiger partial charge in [-0.1, -0.05) is 12.1 Å². The lowest BCUT2D eigenvalue weighted by atomic mass is 9.88. The van der Waals surface area contributed by atoms with Gasteiger partial charge in [0.25, 0.3) is 0 Å². The smallest absolute Gasteiger partial charge is 0.191 e. The lowest BCUT2D eigenvalue weighted by Gasteiger charge is -2.43. The van der Waals surface area contributed by atoms with E-state index < -0.39 is 0 Å². The van der Waals surface area contributed by atoms with Crippen molar-refractivity contribution in [3.63, 3.8) is 0 Å². The molecule has 2 aliphatic heterocycles. The van der Waals surface area contributed by atoms with Gasteiger partial charge in [-0.05, 0) is 64.8 Å². The second kappa shape index (κ2) is 10.8. The number of hydrogen-bond donors (Lipinski definition) is 2. The Labute approximate surface area is 173 Å². The summed E-state index contributed by atoms with van der Waals surface area (Å²) >= 11 is 0. The second-order valence-electron chi connectivity index (χ2n) is 7.97. The normalized spacial score (nSPS) is 21.0. The predicted molar refractivity (Wildman–Crippen MR) is 114 cm³/mol. The van der Waals surface area contributed by atoms with Gasteiger partial charge in [0.1, 0.15) is 6.10 Å². The summed E-state index contributed by atoms with van der Waals surface area (Å²) < 4.78 is 25.1. The van der Waals surface area contributed by atoms with Crippen LogP contribution in [-0.2, 0) is 4.74 Å². The van der Waals surface area contributed by atoms with Crippen molar-refractivity contribution in [1.82, 2.24) is 15.5 Å². The fraction of sp³-hybridized carbons (Fsp3) is 0.682. The maximum atomic E-state index is 13.8. The van der Waals surface area contributed by atoms with Crippen LogP contribution in [0.4, 0.5) is 4.39 Å². The van der Waals surface area contributed by atoms with Crippen molar-refractivity contribution >= 4 is 5.96 Å². The molecule has 7 heteroatoms. The van der Waals surface area contributed by atoms with Gasteiger partial charge >= 0.3 is 0 Å². The molecule has 0 aliphatic carbocycles. The van der Waals surface area contributed by atoms with E-state index in [1.807, 2.05) is 6.92 Å². The highest BCUT2D eigenvalue weighted by atomic mass is 19.1. The van der Waals surface area contributed by atoms with Crippen LogP contribution in [0.15, 0.2) is 29.3 Å². The van der Waals surface area contributed by atoms with Gasteiger partial charge in [-0.15, -0.1) is 0 Å². The minimum atomic E-state index is -0.341. The molecule has 0 bridgehead atoms. The molecule has 2 saturated heterocycles. The summed E-state index contributed by atoms with van der Waals surface area (Å²) in [5.74, 6) is 0.715. The Balaban J connectivity index is 1.58. The van der Waals surface area contributed by atoms with Crippen LogP contribution in [0.2, 0.25) is 0 Å². The zero-order valence-corrected chi connectivity index (χ0v) is 17.8. The number of para-hydroxylation sites is 1. The molecule has 1 unspecified atom stereocenters. The van der Waals surface area contributed by atoms with Crippen molar-refractivity contribution < 1.29 is 13.9 Å². The van der Waals surface area contributed by atoms with Crippen LogP contribution >= 0.6 is 0 Å². The van der Waals surface area contributed by atoms with Crippen molar-refractivity contribution in [1.29, 1.82) is 0 Å². The van der Waals surface area contributed by atoms with Crippen LogP contribution in [0.3, 0.4) is 0 Å². The Hall–Kier alpha value is -1.86. The van der Waals surface area contributed by atoms with Gasteiger partial charge in [-0.2, -0.15) is 0 Å². The lowest BCUT2D eigenvalue weighted by Crippen LogP contribution is -2.54. The molecule has 1 atom stereocenters. The Bertz CT molecular complexity index is 658. The molecule has 1 aromatic rings. The van der Waals surface area contributed by atoms with Gasteiger partial charge in [0.05, 0.1) is 13.1 Å². The summed E-state index contributed by atoms with van der Waals surface area (Å²) in [4.78, 5) is 7.54. The molecule has 162 valence electrons. The van der Waals surface area contributed by atoms with E-state index in [-0.39, 0.29) is 23.2 Å². The molecular weight excluding hydrogens is 371 g/mol. The average molecular weight is 407 g/mol. The molecular formula is C22H35FN4O2. The van der Waals surface area contributed by atoms with Gasteiger partial charge in [0.2, 0.25) is 0 Å². The van der Waals surface area contributed by atoms with Crippen LogP contribution < -0.4 is 15.4 Å². The molecule has 3 rings (SSSR count). The number of aliphatic imine (C=N–C) groups is 1. The molecule has 0 saturated carbocycles. The lowest BCUT2D eigenvalue weighted by molar-refractivity contribution is -0.0139. The van der Waals surface area contributed by atoms with E-state index in [0.717, 1.165) is 58.2 Å². The standard InChI is InChI=1S/C22H35FN4O2/c1-3-24-21(25-16-18(2)29-20-9-5-4-8-19(20)23)26-17-22(10-14-28-15-11-22)27-12-6-7-13-27/h4-5,8-9,18H,3,6-7,10-17H2,1-2H3,(H2,24,25,26). The molecule has 2 N–H and O–H groups in total.